The van der Waals surface area contributed by atoms with Crippen LogP contribution >= 0.6 is 11.6 Å². The molecule has 1 heterocycles. The standard InChI is InChI=1S/C13H17ClN2O2/c1-8-11(5-6-12(14)15-8)16-10-4-2-3-9(7-10)13(17)18/h5-6,9-10,16H,2-4,7H2,1H3,(H,17,18). The fourth-order valence-corrected chi connectivity index (χ4v) is 2.64. The van der Waals surface area contributed by atoms with E-state index in [4.69, 9.17) is 16.7 Å². The normalized spacial score (nSPS) is 23.7. The van der Waals surface area contributed by atoms with E-state index in [2.05, 4.69) is 10.3 Å². The molecule has 2 unspecified atom stereocenters. The number of carboxylic acids is 1. The van der Waals surface area contributed by atoms with Gasteiger partial charge in [-0.15, -0.1) is 0 Å². The molecule has 0 aliphatic heterocycles. The van der Waals surface area contributed by atoms with E-state index in [1.807, 2.05) is 13.0 Å². The minimum Gasteiger partial charge on any atom is -0.481 e. The van der Waals surface area contributed by atoms with Gasteiger partial charge >= 0.3 is 5.97 Å². The van der Waals surface area contributed by atoms with Crippen molar-refractivity contribution in [2.24, 2.45) is 5.92 Å². The zero-order valence-corrected chi connectivity index (χ0v) is 11.1. The number of rotatable bonds is 3. The molecule has 1 aromatic rings. The molecule has 1 aliphatic rings. The molecule has 0 amide bonds. The predicted octanol–water partition coefficient (Wildman–Crippen LogP) is 3.10. The lowest BCUT2D eigenvalue weighted by atomic mass is 9.85. The zero-order valence-electron chi connectivity index (χ0n) is 10.3. The first kappa shape index (κ1) is 13.1. The number of aromatic nitrogens is 1. The Balaban J connectivity index is 2.02. The first-order chi connectivity index (χ1) is 8.56. The number of halogens is 1. The van der Waals surface area contributed by atoms with Gasteiger partial charge in [-0.3, -0.25) is 4.79 Å². The molecule has 0 spiro atoms. The highest BCUT2D eigenvalue weighted by Crippen LogP contribution is 2.27. The van der Waals surface area contributed by atoms with Gasteiger partial charge in [0.2, 0.25) is 0 Å². The second kappa shape index (κ2) is 5.57. The Kier molecular flexibility index (Phi) is 4.07. The number of carboxylic acid groups (broad SMARTS) is 1. The first-order valence-corrected chi connectivity index (χ1v) is 6.56. The van der Waals surface area contributed by atoms with Gasteiger partial charge in [0, 0.05) is 6.04 Å². The number of anilines is 1. The summed E-state index contributed by atoms with van der Waals surface area (Å²) in [5.41, 5.74) is 1.79. The van der Waals surface area contributed by atoms with Crippen LogP contribution in [0, 0.1) is 12.8 Å². The summed E-state index contributed by atoms with van der Waals surface area (Å²) in [6.07, 6.45) is 3.42. The van der Waals surface area contributed by atoms with E-state index in [1.54, 1.807) is 6.07 Å². The molecule has 0 bridgehead atoms. The number of carbonyl (C=O) groups is 1. The minimum atomic E-state index is -0.688. The third kappa shape index (κ3) is 3.13. The van der Waals surface area contributed by atoms with Crippen molar-refractivity contribution in [2.75, 3.05) is 5.32 Å². The Morgan fingerprint density at radius 2 is 2.28 bits per heavy atom. The number of nitrogens with zero attached hydrogens (tertiary/aromatic N) is 1. The Labute approximate surface area is 111 Å². The fourth-order valence-electron chi connectivity index (χ4n) is 2.45. The highest BCUT2D eigenvalue weighted by molar-refractivity contribution is 6.29. The number of hydrogen-bond donors (Lipinski definition) is 2. The van der Waals surface area contributed by atoms with E-state index < -0.39 is 5.97 Å². The number of aryl methyl sites for hydroxylation is 1. The van der Waals surface area contributed by atoms with Crippen molar-refractivity contribution in [2.45, 2.75) is 38.6 Å². The summed E-state index contributed by atoms with van der Waals surface area (Å²) in [6.45, 7) is 1.89. The Bertz CT molecular complexity index is 451. The van der Waals surface area contributed by atoms with Gasteiger partial charge in [0.05, 0.1) is 17.3 Å². The van der Waals surface area contributed by atoms with Crippen LogP contribution in [0.2, 0.25) is 5.15 Å². The van der Waals surface area contributed by atoms with Gasteiger partial charge in [0.15, 0.2) is 0 Å². The predicted molar refractivity (Wildman–Crippen MR) is 71.0 cm³/mol. The van der Waals surface area contributed by atoms with E-state index in [0.29, 0.717) is 11.6 Å². The van der Waals surface area contributed by atoms with Crippen molar-refractivity contribution < 1.29 is 9.90 Å². The monoisotopic (exact) mass is 268 g/mol. The topological polar surface area (TPSA) is 62.2 Å². The van der Waals surface area contributed by atoms with Crippen molar-refractivity contribution >= 4 is 23.3 Å². The lowest BCUT2D eigenvalue weighted by molar-refractivity contribution is -0.142. The molecule has 0 aromatic carbocycles. The number of hydrogen-bond acceptors (Lipinski definition) is 3. The first-order valence-electron chi connectivity index (χ1n) is 6.18. The minimum absolute atomic E-state index is 0.210. The quantitative estimate of drug-likeness (QED) is 0.827. The van der Waals surface area contributed by atoms with Gasteiger partial charge in [-0.25, -0.2) is 4.98 Å². The van der Waals surface area contributed by atoms with Crippen LogP contribution in [0.5, 0.6) is 0 Å². The van der Waals surface area contributed by atoms with Crippen LogP contribution in [0.4, 0.5) is 5.69 Å². The van der Waals surface area contributed by atoms with Crippen LogP contribution in [0.3, 0.4) is 0 Å². The fraction of sp³-hybridized carbons (Fsp3) is 0.538. The SMILES string of the molecule is Cc1nc(Cl)ccc1NC1CCCC(C(=O)O)C1. The van der Waals surface area contributed by atoms with E-state index in [9.17, 15) is 4.79 Å². The van der Waals surface area contributed by atoms with Crippen molar-refractivity contribution in [3.8, 4) is 0 Å². The van der Waals surface area contributed by atoms with Crippen molar-refractivity contribution in [3.63, 3.8) is 0 Å². The largest absolute Gasteiger partial charge is 0.481 e. The highest BCUT2D eigenvalue weighted by atomic mass is 35.5. The molecule has 98 valence electrons. The molecule has 1 saturated carbocycles. The van der Waals surface area contributed by atoms with Crippen molar-refractivity contribution in [1.82, 2.24) is 4.98 Å². The molecular weight excluding hydrogens is 252 g/mol. The molecular formula is C13H17ClN2O2. The number of nitrogens with one attached hydrogen (secondary N) is 1. The molecule has 5 heteroatoms. The van der Waals surface area contributed by atoms with E-state index >= 15 is 0 Å². The third-order valence-electron chi connectivity index (χ3n) is 3.43. The summed E-state index contributed by atoms with van der Waals surface area (Å²) in [5.74, 6) is -0.913. The van der Waals surface area contributed by atoms with Crippen LogP contribution in [0.25, 0.3) is 0 Å². The maximum absolute atomic E-state index is 11.0. The molecule has 1 aliphatic carbocycles. The van der Waals surface area contributed by atoms with E-state index in [-0.39, 0.29) is 12.0 Å². The average Bonchev–Trinajstić information content (AvgIpc) is 2.33. The highest BCUT2D eigenvalue weighted by Gasteiger charge is 2.27. The Morgan fingerprint density at radius 1 is 1.50 bits per heavy atom. The summed E-state index contributed by atoms with van der Waals surface area (Å²) in [4.78, 5) is 15.2. The maximum Gasteiger partial charge on any atom is 0.306 e. The average molecular weight is 269 g/mol. The van der Waals surface area contributed by atoms with Crippen LogP contribution in [-0.4, -0.2) is 22.1 Å². The smallest absolute Gasteiger partial charge is 0.306 e. The van der Waals surface area contributed by atoms with Gasteiger partial charge in [0.25, 0.3) is 0 Å². The van der Waals surface area contributed by atoms with Crippen molar-refractivity contribution in [3.05, 3.63) is 23.0 Å². The number of aliphatic carboxylic acids is 1. The van der Waals surface area contributed by atoms with Crippen LogP contribution in [-0.2, 0) is 4.79 Å². The van der Waals surface area contributed by atoms with Gasteiger partial charge in [-0.1, -0.05) is 18.0 Å². The summed E-state index contributed by atoms with van der Waals surface area (Å²) >= 11 is 5.81. The van der Waals surface area contributed by atoms with Crippen LogP contribution < -0.4 is 5.32 Å². The second-order valence-corrected chi connectivity index (χ2v) is 5.20. The molecule has 2 atom stereocenters. The molecule has 2 rings (SSSR count). The molecule has 18 heavy (non-hydrogen) atoms. The lowest BCUT2D eigenvalue weighted by Crippen LogP contribution is -2.31. The molecule has 2 N–H and O–H groups in total. The summed E-state index contributed by atoms with van der Waals surface area (Å²) in [5, 5.41) is 12.9. The van der Waals surface area contributed by atoms with Gasteiger partial charge in [0.1, 0.15) is 5.15 Å². The Morgan fingerprint density at radius 3 is 2.94 bits per heavy atom. The molecule has 1 fully saturated rings. The maximum atomic E-state index is 11.0. The molecule has 4 nitrogen and oxygen atoms in total. The van der Waals surface area contributed by atoms with Crippen LogP contribution in [0.15, 0.2) is 12.1 Å². The summed E-state index contributed by atoms with van der Waals surface area (Å²) in [6, 6.07) is 3.85. The van der Waals surface area contributed by atoms with Gasteiger partial charge in [-0.2, -0.15) is 0 Å². The second-order valence-electron chi connectivity index (χ2n) is 4.81. The lowest BCUT2D eigenvalue weighted by Gasteiger charge is -2.28. The van der Waals surface area contributed by atoms with E-state index in [1.165, 1.54) is 0 Å². The van der Waals surface area contributed by atoms with E-state index in [0.717, 1.165) is 30.6 Å². The molecule has 0 radical (unpaired) electrons. The van der Waals surface area contributed by atoms with Crippen molar-refractivity contribution in [1.29, 1.82) is 0 Å². The summed E-state index contributed by atoms with van der Waals surface area (Å²) < 4.78 is 0. The van der Waals surface area contributed by atoms with Gasteiger partial charge in [-0.05, 0) is 38.3 Å². The summed E-state index contributed by atoms with van der Waals surface area (Å²) in [7, 11) is 0. The molecule has 0 saturated heterocycles. The Hall–Kier alpha value is -1.29. The van der Waals surface area contributed by atoms with Crippen LogP contribution in [0.1, 0.15) is 31.4 Å². The van der Waals surface area contributed by atoms with Gasteiger partial charge < -0.3 is 10.4 Å². The third-order valence-corrected chi connectivity index (χ3v) is 3.65. The molecule has 1 aromatic heterocycles. The zero-order chi connectivity index (χ0) is 13.1. The number of pyridine rings is 1.